The summed E-state index contributed by atoms with van der Waals surface area (Å²) in [5.41, 5.74) is 7.22. The van der Waals surface area contributed by atoms with Crippen LogP contribution in [0.3, 0.4) is 0 Å². The van der Waals surface area contributed by atoms with Gasteiger partial charge in [-0.2, -0.15) is 0 Å². The first kappa shape index (κ1) is 15.2. The molecule has 0 atom stereocenters. The molecule has 0 unspecified atom stereocenters. The van der Waals surface area contributed by atoms with Gasteiger partial charge >= 0.3 is 0 Å². The molecule has 0 radical (unpaired) electrons. The van der Waals surface area contributed by atoms with Crippen molar-refractivity contribution in [3.8, 4) is 0 Å². The van der Waals surface area contributed by atoms with Crippen LogP contribution in [-0.4, -0.2) is 30.1 Å². The van der Waals surface area contributed by atoms with Gasteiger partial charge in [0.1, 0.15) is 11.5 Å². The maximum absolute atomic E-state index is 11.1. The van der Waals surface area contributed by atoms with Crippen LogP contribution in [0.1, 0.15) is 36.7 Å². The molecule has 8 heteroatoms. The van der Waals surface area contributed by atoms with Crippen LogP contribution >= 0.6 is 11.8 Å². The maximum atomic E-state index is 11.1. The normalized spacial score (nSPS) is 14.3. The lowest BCUT2D eigenvalue weighted by Gasteiger charge is -2.07. The summed E-state index contributed by atoms with van der Waals surface area (Å²) in [5.74, 6) is 1.87. The van der Waals surface area contributed by atoms with E-state index < -0.39 is 0 Å². The molecule has 3 aromatic heterocycles. The SMILES string of the molecule is NC(=O)CCn1c(SCc2cn3ccccc3n2)nnc1C1CC1. The summed E-state index contributed by atoms with van der Waals surface area (Å²) in [5, 5.41) is 9.47. The molecule has 7 nitrogen and oxygen atoms in total. The van der Waals surface area contributed by atoms with E-state index in [1.807, 2.05) is 39.6 Å². The van der Waals surface area contributed by atoms with Crippen molar-refractivity contribution in [1.29, 1.82) is 0 Å². The van der Waals surface area contributed by atoms with Gasteiger partial charge in [0.05, 0.1) is 5.69 Å². The molecule has 1 fully saturated rings. The summed E-state index contributed by atoms with van der Waals surface area (Å²) < 4.78 is 4.05. The Morgan fingerprint density at radius 1 is 1.33 bits per heavy atom. The molecule has 1 amide bonds. The number of nitrogens with two attached hydrogens (primary N) is 1. The second kappa shape index (κ2) is 6.27. The van der Waals surface area contributed by atoms with E-state index in [-0.39, 0.29) is 5.91 Å². The Morgan fingerprint density at radius 3 is 2.96 bits per heavy atom. The average molecular weight is 342 g/mol. The molecule has 3 heterocycles. The molecule has 0 saturated heterocycles. The van der Waals surface area contributed by atoms with E-state index in [2.05, 4.69) is 15.2 Å². The lowest BCUT2D eigenvalue weighted by atomic mass is 10.3. The highest BCUT2D eigenvalue weighted by Crippen LogP contribution is 2.40. The Morgan fingerprint density at radius 2 is 2.21 bits per heavy atom. The molecule has 2 N–H and O–H groups in total. The van der Waals surface area contributed by atoms with E-state index in [1.165, 1.54) is 0 Å². The van der Waals surface area contributed by atoms with Crippen molar-refractivity contribution >= 4 is 23.3 Å². The van der Waals surface area contributed by atoms with Crippen molar-refractivity contribution in [3.63, 3.8) is 0 Å². The molecule has 0 bridgehead atoms. The number of rotatable bonds is 7. The number of hydrogen-bond acceptors (Lipinski definition) is 5. The minimum Gasteiger partial charge on any atom is -0.370 e. The number of pyridine rings is 1. The summed E-state index contributed by atoms with van der Waals surface area (Å²) in [6.07, 6.45) is 6.60. The Hall–Kier alpha value is -2.35. The molecule has 0 aromatic carbocycles. The molecule has 0 aliphatic heterocycles. The minimum absolute atomic E-state index is 0.304. The van der Waals surface area contributed by atoms with Crippen LogP contribution in [0.2, 0.25) is 0 Å². The van der Waals surface area contributed by atoms with E-state index >= 15 is 0 Å². The molecule has 0 spiro atoms. The Bertz CT molecular complexity index is 849. The quantitative estimate of drug-likeness (QED) is 0.663. The van der Waals surface area contributed by atoms with Crippen LogP contribution in [0.4, 0.5) is 0 Å². The third-order valence-electron chi connectivity index (χ3n) is 4.03. The molecule has 24 heavy (non-hydrogen) atoms. The Kier molecular flexibility index (Phi) is 3.97. The zero-order chi connectivity index (χ0) is 16.5. The number of primary amides is 1. The number of carbonyl (C=O) groups excluding carboxylic acids is 1. The fraction of sp³-hybridized carbons (Fsp3) is 0.375. The Balaban J connectivity index is 1.51. The third-order valence-corrected chi connectivity index (χ3v) is 5.03. The average Bonchev–Trinajstić information content (AvgIpc) is 3.20. The van der Waals surface area contributed by atoms with Crippen LogP contribution in [0.15, 0.2) is 35.7 Å². The van der Waals surface area contributed by atoms with Gasteiger partial charge in [-0.15, -0.1) is 10.2 Å². The summed E-state index contributed by atoms with van der Waals surface area (Å²) in [6, 6.07) is 5.93. The highest BCUT2D eigenvalue weighted by molar-refractivity contribution is 7.98. The van der Waals surface area contributed by atoms with Gasteiger partial charge in [-0.25, -0.2) is 4.98 Å². The van der Waals surface area contributed by atoms with Gasteiger partial charge < -0.3 is 14.7 Å². The lowest BCUT2D eigenvalue weighted by Crippen LogP contribution is -2.15. The second-order valence-electron chi connectivity index (χ2n) is 5.97. The van der Waals surface area contributed by atoms with Crippen LogP contribution in [0.25, 0.3) is 5.65 Å². The summed E-state index contributed by atoms with van der Waals surface area (Å²) in [7, 11) is 0. The number of thioether (sulfide) groups is 1. The van der Waals surface area contributed by atoms with E-state index in [1.54, 1.807) is 11.8 Å². The number of carbonyl (C=O) groups is 1. The second-order valence-corrected chi connectivity index (χ2v) is 6.91. The van der Waals surface area contributed by atoms with Crippen molar-refractivity contribution < 1.29 is 4.79 Å². The van der Waals surface area contributed by atoms with E-state index in [0.717, 1.165) is 35.2 Å². The van der Waals surface area contributed by atoms with Gasteiger partial charge in [-0.1, -0.05) is 17.8 Å². The standard InChI is InChI=1S/C16H18N6OS/c17-13(23)6-8-22-15(11-4-5-11)19-20-16(22)24-10-12-9-21-7-2-1-3-14(21)18-12/h1-3,7,9,11H,4-6,8,10H2,(H2,17,23). The number of imidazole rings is 1. The van der Waals surface area contributed by atoms with Gasteiger partial charge in [-0.05, 0) is 25.0 Å². The van der Waals surface area contributed by atoms with Crippen LogP contribution in [-0.2, 0) is 17.1 Å². The largest absolute Gasteiger partial charge is 0.370 e. The Labute approximate surface area is 143 Å². The number of nitrogens with zero attached hydrogens (tertiary/aromatic N) is 5. The van der Waals surface area contributed by atoms with Crippen molar-refractivity contribution in [2.45, 2.75) is 42.6 Å². The lowest BCUT2D eigenvalue weighted by molar-refractivity contribution is -0.118. The molecule has 3 aromatic rings. The van der Waals surface area contributed by atoms with Crippen LogP contribution in [0.5, 0.6) is 0 Å². The molecule has 1 saturated carbocycles. The smallest absolute Gasteiger partial charge is 0.219 e. The molecule has 124 valence electrons. The molecule has 1 aliphatic carbocycles. The number of hydrogen-bond donors (Lipinski definition) is 1. The number of fused-ring (bicyclic) bond motifs is 1. The van der Waals surface area contributed by atoms with Crippen molar-refractivity contribution in [2.75, 3.05) is 0 Å². The van der Waals surface area contributed by atoms with E-state index in [9.17, 15) is 4.79 Å². The minimum atomic E-state index is -0.304. The first-order valence-electron chi connectivity index (χ1n) is 7.97. The van der Waals surface area contributed by atoms with Crippen molar-refractivity contribution in [1.82, 2.24) is 24.1 Å². The van der Waals surface area contributed by atoms with Crippen molar-refractivity contribution in [3.05, 3.63) is 42.1 Å². The first-order valence-corrected chi connectivity index (χ1v) is 8.96. The number of amides is 1. The van der Waals surface area contributed by atoms with E-state index in [0.29, 0.717) is 24.6 Å². The zero-order valence-corrected chi connectivity index (χ0v) is 13.9. The van der Waals surface area contributed by atoms with Crippen molar-refractivity contribution in [2.24, 2.45) is 5.73 Å². The summed E-state index contributed by atoms with van der Waals surface area (Å²) in [4.78, 5) is 15.7. The third kappa shape index (κ3) is 3.14. The topological polar surface area (TPSA) is 91.1 Å². The molecular formula is C16H18N6OS. The predicted octanol–water partition coefficient (Wildman–Crippen LogP) is 1.97. The van der Waals surface area contributed by atoms with Gasteiger partial charge in [0.25, 0.3) is 0 Å². The van der Waals surface area contributed by atoms with Crippen LogP contribution in [0, 0.1) is 0 Å². The van der Waals surface area contributed by atoms with Crippen LogP contribution < -0.4 is 5.73 Å². The fourth-order valence-electron chi connectivity index (χ4n) is 2.68. The molecular weight excluding hydrogens is 324 g/mol. The van der Waals surface area contributed by atoms with Gasteiger partial charge in [-0.3, -0.25) is 4.79 Å². The maximum Gasteiger partial charge on any atom is 0.219 e. The van der Waals surface area contributed by atoms with Gasteiger partial charge in [0.2, 0.25) is 5.91 Å². The predicted molar refractivity (Wildman–Crippen MR) is 90.6 cm³/mol. The van der Waals surface area contributed by atoms with Gasteiger partial charge in [0, 0.05) is 37.0 Å². The zero-order valence-electron chi connectivity index (χ0n) is 13.1. The van der Waals surface area contributed by atoms with E-state index in [4.69, 9.17) is 5.73 Å². The number of aromatic nitrogens is 5. The monoisotopic (exact) mass is 342 g/mol. The summed E-state index contributed by atoms with van der Waals surface area (Å²) >= 11 is 1.59. The fourth-order valence-corrected chi connectivity index (χ4v) is 3.53. The highest BCUT2D eigenvalue weighted by atomic mass is 32.2. The highest BCUT2D eigenvalue weighted by Gasteiger charge is 2.30. The first-order chi connectivity index (χ1) is 11.7. The molecule has 1 aliphatic rings. The molecule has 4 rings (SSSR count). The summed E-state index contributed by atoms with van der Waals surface area (Å²) in [6.45, 7) is 0.543. The van der Waals surface area contributed by atoms with Gasteiger partial charge in [0.15, 0.2) is 5.16 Å².